The molecule has 0 atom stereocenters. The summed E-state index contributed by atoms with van der Waals surface area (Å²) in [4.78, 5) is 24.2. The highest BCUT2D eigenvalue weighted by Gasteiger charge is 2.23. The summed E-state index contributed by atoms with van der Waals surface area (Å²) in [6.45, 7) is 6.23. The van der Waals surface area contributed by atoms with Crippen LogP contribution >= 0.6 is 23.2 Å². The van der Waals surface area contributed by atoms with Gasteiger partial charge in [0.1, 0.15) is 11.3 Å². The minimum absolute atomic E-state index is 0.0394. The van der Waals surface area contributed by atoms with Gasteiger partial charge in [-0.05, 0) is 29.2 Å². The van der Waals surface area contributed by atoms with Gasteiger partial charge in [0.15, 0.2) is 0 Å². The number of amides is 1. The van der Waals surface area contributed by atoms with Crippen LogP contribution in [0.4, 0.5) is 5.69 Å². The first kappa shape index (κ1) is 19.3. The van der Waals surface area contributed by atoms with Crippen molar-refractivity contribution < 1.29 is 19.1 Å². The maximum absolute atomic E-state index is 12.6. The molecule has 0 unspecified atom stereocenters. The van der Waals surface area contributed by atoms with Crippen LogP contribution in [0.25, 0.3) is 11.0 Å². The van der Waals surface area contributed by atoms with Gasteiger partial charge in [-0.3, -0.25) is 4.79 Å². The molecule has 0 radical (unpaired) electrons. The third kappa shape index (κ3) is 3.80. The lowest BCUT2D eigenvalue weighted by atomic mass is 9.87. The van der Waals surface area contributed by atoms with Crippen molar-refractivity contribution in [2.75, 3.05) is 5.32 Å². The maximum atomic E-state index is 12.6. The van der Waals surface area contributed by atoms with E-state index >= 15 is 0 Å². The van der Waals surface area contributed by atoms with E-state index in [0.717, 1.165) is 5.56 Å². The van der Waals surface area contributed by atoms with E-state index in [9.17, 15) is 14.7 Å². The molecule has 3 rings (SSSR count). The number of benzene rings is 2. The van der Waals surface area contributed by atoms with Crippen molar-refractivity contribution in [1.82, 2.24) is 0 Å². The average Bonchev–Trinajstić information content (AvgIpc) is 2.92. The molecular formula is C20H17Cl2NO4. The van der Waals surface area contributed by atoms with Gasteiger partial charge >= 0.3 is 5.97 Å². The molecule has 2 aromatic carbocycles. The summed E-state index contributed by atoms with van der Waals surface area (Å²) in [6.07, 6.45) is 0. The van der Waals surface area contributed by atoms with Crippen molar-refractivity contribution in [3.63, 3.8) is 0 Å². The van der Waals surface area contributed by atoms with Gasteiger partial charge in [-0.1, -0.05) is 56.1 Å². The molecule has 0 spiro atoms. The van der Waals surface area contributed by atoms with E-state index in [1.807, 2.05) is 12.1 Å². The van der Waals surface area contributed by atoms with Crippen molar-refractivity contribution in [3.8, 4) is 0 Å². The second kappa shape index (κ2) is 6.91. The first-order valence-corrected chi connectivity index (χ1v) is 8.90. The molecule has 140 valence electrons. The van der Waals surface area contributed by atoms with Crippen molar-refractivity contribution in [1.29, 1.82) is 0 Å². The van der Waals surface area contributed by atoms with Gasteiger partial charge < -0.3 is 14.8 Å². The number of rotatable bonds is 3. The molecule has 27 heavy (non-hydrogen) atoms. The highest BCUT2D eigenvalue weighted by molar-refractivity contribution is 6.43. The average molecular weight is 406 g/mol. The van der Waals surface area contributed by atoms with Crippen LogP contribution in [0.5, 0.6) is 0 Å². The van der Waals surface area contributed by atoms with Gasteiger partial charge in [-0.15, -0.1) is 0 Å². The minimum atomic E-state index is -1.31. The molecule has 3 aromatic rings. The van der Waals surface area contributed by atoms with Crippen molar-refractivity contribution >= 4 is 51.7 Å². The van der Waals surface area contributed by atoms with Crippen molar-refractivity contribution in [2.45, 2.75) is 26.2 Å². The maximum Gasteiger partial charge on any atom is 0.374 e. The molecule has 0 saturated carbocycles. The monoisotopic (exact) mass is 405 g/mol. The number of halogens is 2. The zero-order chi connectivity index (χ0) is 19.9. The van der Waals surface area contributed by atoms with Crippen LogP contribution in [-0.2, 0) is 5.41 Å². The van der Waals surface area contributed by atoms with E-state index in [1.165, 1.54) is 12.1 Å². The zero-order valence-electron chi connectivity index (χ0n) is 14.9. The van der Waals surface area contributed by atoms with Gasteiger partial charge in [-0.2, -0.15) is 0 Å². The quantitative estimate of drug-likeness (QED) is 0.560. The predicted octanol–water partition coefficient (Wildman–Crippen LogP) is 5.99. The number of aromatic carboxylic acids is 1. The number of nitrogens with one attached hydrogen (secondary N) is 1. The molecule has 0 aliphatic carbocycles. The molecule has 0 bridgehead atoms. The first-order valence-electron chi connectivity index (χ1n) is 8.14. The SMILES string of the molecule is CC(C)(C)c1ccc(C(=O)Nc2c(C(=O)O)oc3cc(Cl)c(Cl)cc23)cc1. The number of carbonyl (C=O) groups is 2. The highest BCUT2D eigenvalue weighted by Crippen LogP contribution is 2.36. The fourth-order valence-electron chi connectivity index (χ4n) is 2.67. The van der Waals surface area contributed by atoms with Crippen LogP contribution in [0.15, 0.2) is 40.8 Å². The normalized spacial score (nSPS) is 11.6. The zero-order valence-corrected chi connectivity index (χ0v) is 16.4. The Kier molecular flexibility index (Phi) is 4.93. The Hall–Kier alpha value is -2.50. The number of furan rings is 1. The van der Waals surface area contributed by atoms with E-state index in [1.54, 1.807) is 12.1 Å². The van der Waals surface area contributed by atoms with E-state index < -0.39 is 11.9 Å². The fourth-order valence-corrected chi connectivity index (χ4v) is 2.99. The molecule has 5 nitrogen and oxygen atoms in total. The Bertz CT molecular complexity index is 1050. The van der Waals surface area contributed by atoms with Crippen molar-refractivity contribution in [2.24, 2.45) is 0 Å². The van der Waals surface area contributed by atoms with Crippen LogP contribution in [0.1, 0.15) is 47.2 Å². The summed E-state index contributed by atoms with van der Waals surface area (Å²) in [5.41, 5.74) is 1.71. The second-order valence-electron chi connectivity index (χ2n) is 7.16. The molecule has 0 saturated heterocycles. The number of fused-ring (bicyclic) bond motifs is 1. The Balaban J connectivity index is 2.00. The summed E-state index contributed by atoms with van der Waals surface area (Å²) in [6, 6.07) is 10.0. The summed E-state index contributed by atoms with van der Waals surface area (Å²) >= 11 is 12.0. The molecule has 0 aliphatic rings. The molecular weight excluding hydrogens is 389 g/mol. The standard InChI is InChI=1S/C20H17Cl2NO4/c1-20(2,3)11-6-4-10(5-7-11)18(24)23-16-12-8-13(21)14(22)9-15(12)27-17(16)19(25)26/h4-9H,1-3H3,(H,23,24)(H,25,26). The van der Waals surface area contributed by atoms with Crippen LogP contribution in [0, 0.1) is 0 Å². The summed E-state index contributed by atoms with van der Waals surface area (Å²) in [7, 11) is 0. The molecule has 1 amide bonds. The number of hydrogen-bond acceptors (Lipinski definition) is 3. The molecule has 7 heteroatoms. The summed E-state index contributed by atoms with van der Waals surface area (Å²) in [5, 5.41) is 12.8. The summed E-state index contributed by atoms with van der Waals surface area (Å²) < 4.78 is 5.34. The lowest BCUT2D eigenvalue weighted by Gasteiger charge is -2.19. The van der Waals surface area contributed by atoms with Crippen LogP contribution in [0.3, 0.4) is 0 Å². The number of carboxylic acids is 1. The van der Waals surface area contributed by atoms with Crippen LogP contribution < -0.4 is 5.32 Å². The second-order valence-corrected chi connectivity index (χ2v) is 7.97. The van der Waals surface area contributed by atoms with E-state index in [-0.39, 0.29) is 32.5 Å². The number of carboxylic acid groups (broad SMARTS) is 1. The highest BCUT2D eigenvalue weighted by atomic mass is 35.5. The number of hydrogen-bond donors (Lipinski definition) is 2. The van der Waals surface area contributed by atoms with Gasteiger partial charge in [-0.25, -0.2) is 4.79 Å². The third-order valence-electron chi connectivity index (χ3n) is 4.18. The van der Waals surface area contributed by atoms with Gasteiger partial charge in [0.05, 0.1) is 10.0 Å². The van der Waals surface area contributed by atoms with Crippen LogP contribution in [0.2, 0.25) is 10.0 Å². The fraction of sp³-hybridized carbons (Fsp3) is 0.200. The molecule has 1 aromatic heterocycles. The van der Waals surface area contributed by atoms with E-state index in [0.29, 0.717) is 10.9 Å². The van der Waals surface area contributed by atoms with Gasteiger partial charge in [0.25, 0.3) is 5.91 Å². The topological polar surface area (TPSA) is 79.5 Å². The molecule has 0 aliphatic heterocycles. The largest absolute Gasteiger partial charge is 0.475 e. The number of carbonyl (C=O) groups excluding carboxylic acids is 1. The van der Waals surface area contributed by atoms with Crippen molar-refractivity contribution in [3.05, 3.63) is 63.3 Å². The Labute approximate surface area is 165 Å². The van der Waals surface area contributed by atoms with Gasteiger partial charge in [0, 0.05) is 17.0 Å². The lowest BCUT2D eigenvalue weighted by molar-refractivity contribution is 0.0666. The van der Waals surface area contributed by atoms with E-state index in [4.69, 9.17) is 27.6 Å². The number of anilines is 1. The Morgan fingerprint density at radius 1 is 1.04 bits per heavy atom. The third-order valence-corrected chi connectivity index (χ3v) is 4.90. The smallest absolute Gasteiger partial charge is 0.374 e. The lowest BCUT2D eigenvalue weighted by Crippen LogP contribution is -2.15. The minimum Gasteiger partial charge on any atom is -0.475 e. The van der Waals surface area contributed by atoms with Gasteiger partial charge in [0.2, 0.25) is 5.76 Å². The predicted molar refractivity (Wildman–Crippen MR) is 106 cm³/mol. The summed E-state index contributed by atoms with van der Waals surface area (Å²) in [5.74, 6) is -2.15. The molecule has 2 N–H and O–H groups in total. The molecule has 1 heterocycles. The van der Waals surface area contributed by atoms with E-state index in [2.05, 4.69) is 26.1 Å². The Morgan fingerprint density at radius 3 is 2.19 bits per heavy atom. The molecule has 0 fully saturated rings. The first-order chi connectivity index (χ1) is 12.6. The van der Waals surface area contributed by atoms with Crippen LogP contribution in [-0.4, -0.2) is 17.0 Å². The Morgan fingerprint density at radius 2 is 1.63 bits per heavy atom.